The number of carbonyl (C=O) groups excluding carboxylic acids is 2. The first kappa shape index (κ1) is 23.6. The maximum atomic E-state index is 12.8. The van der Waals surface area contributed by atoms with Crippen molar-refractivity contribution in [1.82, 2.24) is 14.7 Å². The molecule has 164 valence electrons. The number of hydrogen-bond acceptors (Lipinski definition) is 3. The van der Waals surface area contributed by atoms with Crippen LogP contribution >= 0.6 is 0 Å². The predicted molar refractivity (Wildman–Crippen MR) is 122 cm³/mol. The Kier molecular flexibility index (Phi) is 8.21. The number of anilines is 1. The lowest BCUT2D eigenvalue weighted by atomic mass is 9.92. The molecule has 0 fully saturated rings. The highest BCUT2D eigenvalue weighted by Gasteiger charge is 2.22. The van der Waals surface area contributed by atoms with Crippen molar-refractivity contribution < 1.29 is 9.59 Å². The number of benzene rings is 1. The molecule has 0 radical (unpaired) electrons. The number of nitrogens with one attached hydrogen (secondary N) is 1. The molecule has 2 amide bonds. The van der Waals surface area contributed by atoms with Crippen molar-refractivity contribution in [1.29, 1.82) is 0 Å². The predicted octanol–water partition coefficient (Wildman–Crippen LogP) is 4.85. The van der Waals surface area contributed by atoms with E-state index in [0.717, 1.165) is 36.2 Å². The maximum absolute atomic E-state index is 12.8. The van der Waals surface area contributed by atoms with Crippen molar-refractivity contribution in [2.24, 2.45) is 0 Å². The summed E-state index contributed by atoms with van der Waals surface area (Å²) in [5, 5.41) is 7.73. The molecule has 1 aromatic carbocycles. The smallest absolute Gasteiger partial charge is 0.245 e. The van der Waals surface area contributed by atoms with Gasteiger partial charge in [-0.05, 0) is 38.0 Å². The van der Waals surface area contributed by atoms with Gasteiger partial charge in [0.1, 0.15) is 5.82 Å². The van der Waals surface area contributed by atoms with Crippen LogP contribution in [0.5, 0.6) is 0 Å². The van der Waals surface area contributed by atoms with Crippen molar-refractivity contribution in [3.63, 3.8) is 0 Å². The Morgan fingerprint density at radius 2 is 1.87 bits per heavy atom. The van der Waals surface area contributed by atoms with Gasteiger partial charge in [0.2, 0.25) is 11.8 Å². The van der Waals surface area contributed by atoms with Crippen LogP contribution in [-0.4, -0.2) is 39.6 Å². The van der Waals surface area contributed by atoms with Crippen molar-refractivity contribution in [2.45, 2.75) is 72.6 Å². The minimum atomic E-state index is -0.213. The summed E-state index contributed by atoms with van der Waals surface area (Å²) in [7, 11) is 0. The minimum absolute atomic E-state index is 0.0312. The molecule has 6 heteroatoms. The lowest BCUT2D eigenvalue weighted by Crippen LogP contribution is -2.38. The fourth-order valence-corrected chi connectivity index (χ4v) is 3.21. The van der Waals surface area contributed by atoms with Gasteiger partial charge in [0.25, 0.3) is 0 Å². The number of aromatic nitrogens is 2. The fraction of sp³-hybridized carbons (Fsp3) is 0.542. The molecule has 0 atom stereocenters. The number of rotatable bonds is 9. The topological polar surface area (TPSA) is 67.2 Å². The third kappa shape index (κ3) is 6.44. The Bertz CT molecular complexity index is 864. The van der Waals surface area contributed by atoms with Crippen LogP contribution in [0.2, 0.25) is 0 Å². The van der Waals surface area contributed by atoms with Gasteiger partial charge < -0.3 is 10.2 Å². The van der Waals surface area contributed by atoms with E-state index in [-0.39, 0.29) is 23.8 Å². The summed E-state index contributed by atoms with van der Waals surface area (Å²) in [6, 6.07) is 9.92. The van der Waals surface area contributed by atoms with E-state index in [0.29, 0.717) is 18.8 Å². The first-order chi connectivity index (χ1) is 14.2. The van der Waals surface area contributed by atoms with Crippen LogP contribution in [0.25, 0.3) is 5.69 Å². The number of carbonyl (C=O) groups is 2. The van der Waals surface area contributed by atoms with Crippen LogP contribution < -0.4 is 5.32 Å². The fourth-order valence-electron chi connectivity index (χ4n) is 3.21. The van der Waals surface area contributed by atoms with Crippen molar-refractivity contribution in [3.8, 4) is 5.69 Å². The molecular formula is C24H36N4O2. The lowest BCUT2D eigenvalue weighted by Gasteiger charge is -2.20. The molecule has 0 unspecified atom stereocenters. The first-order valence-corrected chi connectivity index (χ1v) is 10.9. The molecule has 1 heterocycles. The van der Waals surface area contributed by atoms with Gasteiger partial charge in [0, 0.05) is 24.4 Å². The largest absolute Gasteiger partial charge is 0.334 e. The molecule has 1 N–H and O–H groups in total. The van der Waals surface area contributed by atoms with Crippen LogP contribution in [0, 0.1) is 6.92 Å². The third-order valence-corrected chi connectivity index (χ3v) is 5.05. The molecule has 0 spiro atoms. The first-order valence-electron chi connectivity index (χ1n) is 10.9. The average Bonchev–Trinajstić information content (AvgIpc) is 3.10. The number of likely N-dealkylation sites (N-methyl/N-ethyl adjacent to an activating group) is 1. The van der Waals surface area contributed by atoms with Gasteiger partial charge in [-0.15, -0.1) is 0 Å². The van der Waals surface area contributed by atoms with E-state index in [4.69, 9.17) is 5.10 Å². The quantitative estimate of drug-likeness (QED) is 0.599. The molecule has 30 heavy (non-hydrogen) atoms. The molecule has 2 aromatic rings. The maximum Gasteiger partial charge on any atom is 0.245 e. The van der Waals surface area contributed by atoms with Crippen LogP contribution in [0.1, 0.15) is 71.6 Å². The highest BCUT2D eigenvalue weighted by molar-refractivity contribution is 5.94. The van der Waals surface area contributed by atoms with Gasteiger partial charge in [-0.25, -0.2) is 4.68 Å². The van der Waals surface area contributed by atoms with Gasteiger partial charge >= 0.3 is 0 Å². The normalized spacial score (nSPS) is 11.4. The van der Waals surface area contributed by atoms with Crippen molar-refractivity contribution in [3.05, 3.63) is 41.6 Å². The standard InChI is InChI=1S/C24H36N4O2/c1-7-9-10-14-23(30)27(8-2)17-22(29)25-21-16-20(24(4,5)6)26-28(21)19-13-11-12-18(3)15-19/h11-13,15-16H,7-10,14,17H2,1-6H3,(H,25,29). The van der Waals surface area contributed by atoms with E-state index < -0.39 is 0 Å². The summed E-state index contributed by atoms with van der Waals surface area (Å²) < 4.78 is 1.77. The van der Waals surface area contributed by atoms with Crippen LogP contribution in [0.3, 0.4) is 0 Å². The molecule has 1 aromatic heterocycles. The molecule has 0 aliphatic heterocycles. The molecule has 0 saturated carbocycles. The summed E-state index contributed by atoms with van der Waals surface area (Å²) in [5.41, 5.74) is 2.75. The zero-order valence-corrected chi connectivity index (χ0v) is 19.3. The molecule has 0 saturated heterocycles. The third-order valence-electron chi connectivity index (χ3n) is 5.05. The van der Waals surface area contributed by atoms with Crippen LogP contribution in [-0.2, 0) is 15.0 Å². The van der Waals surface area contributed by atoms with Gasteiger partial charge in [-0.1, -0.05) is 52.7 Å². The summed E-state index contributed by atoms with van der Waals surface area (Å²) >= 11 is 0. The molecule has 0 aliphatic rings. The summed E-state index contributed by atoms with van der Waals surface area (Å²) in [4.78, 5) is 26.8. The summed E-state index contributed by atoms with van der Waals surface area (Å²) in [6.45, 7) is 12.9. The Labute approximate surface area is 180 Å². The van der Waals surface area contributed by atoms with E-state index >= 15 is 0 Å². The monoisotopic (exact) mass is 412 g/mol. The SMILES string of the molecule is CCCCCC(=O)N(CC)CC(=O)Nc1cc(C(C)(C)C)nn1-c1cccc(C)c1. The second-order valence-corrected chi connectivity index (χ2v) is 8.83. The molecule has 2 rings (SSSR count). The Hall–Kier alpha value is -2.63. The Balaban J connectivity index is 2.20. The van der Waals surface area contributed by atoms with Gasteiger partial charge in [-0.3, -0.25) is 9.59 Å². The second kappa shape index (κ2) is 10.4. The Morgan fingerprint density at radius 3 is 2.47 bits per heavy atom. The summed E-state index contributed by atoms with van der Waals surface area (Å²) in [6.07, 6.45) is 3.45. The lowest BCUT2D eigenvalue weighted by molar-refractivity contribution is -0.134. The average molecular weight is 413 g/mol. The van der Waals surface area contributed by atoms with Crippen molar-refractivity contribution >= 4 is 17.6 Å². The zero-order valence-electron chi connectivity index (χ0n) is 19.3. The van der Waals surface area contributed by atoms with Crippen LogP contribution in [0.15, 0.2) is 30.3 Å². The van der Waals surface area contributed by atoms with Gasteiger partial charge in [-0.2, -0.15) is 5.10 Å². The van der Waals surface area contributed by atoms with E-state index in [1.54, 1.807) is 9.58 Å². The van der Waals surface area contributed by atoms with Gasteiger partial charge in [0.05, 0.1) is 17.9 Å². The zero-order chi connectivity index (χ0) is 22.3. The van der Waals surface area contributed by atoms with E-state index in [9.17, 15) is 9.59 Å². The highest BCUT2D eigenvalue weighted by atomic mass is 16.2. The van der Waals surface area contributed by atoms with E-state index in [1.165, 1.54) is 0 Å². The summed E-state index contributed by atoms with van der Waals surface area (Å²) in [5.74, 6) is 0.434. The number of hydrogen-bond donors (Lipinski definition) is 1. The Morgan fingerprint density at radius 1 is 1.13 bits per heavy atom. The molecule has 0 bridgehead atoms. The number of unbranched alkanes of at least 4 members (excludes halogenated alkanes) is 2. The highest BCUT2D eigenvalue weighted by Crippen LogP contribution is 2.26. The van der Waals surface area contributed by atoms with E-state index in [1.807, 2.05) is 44.2 Å². The molecular weight excluding hydrogens is 376 g/mol. The molecule has 6 nitrogen and oxygen atoms in total. The number of nitrogens with zero attached hydrogens (tertiary/aromatic N) is 3. The van der Waals surface area contributed by atoms with E-state index in [2.05, 4.69) is 33.0 Å². The van der Waals surface area contributed by atoms with Gasteiger partial charge in [0.15, 0.2) is 0 Å². The second-order valence-electron chi connectivity index (χ2n) is 8.83. The van der Waals surface area contributed by atoms with Crippen molar-refractivity contribution in [2.75, 3.05) is 18.4 Å². The number of amides is 2. The minimum Gasteiger partial charge on any atom is -0.334 e. The van der Waals surface area contributed by atoms with Crippen LogP contribution in [0.4, 0.5) is 5.82 Å². The molecule has 0 aliphatic carbocycles. The number of aryl methyl sites for hydroxylation is 1.